The quantitative estimate of drug-likeness (QED) is 0.779. The normalized spacial score (nSPS) is 10.6. The van der Waals surface area contributed by atoms with E-state index in [-0.39, 0.29) is 11.5 Å². The van der Waals surface area contributed by atoms with Crippen molar-refractivity contribution in [2.24, 2.45) is 0 Å². The monoisotopic (exact) mass is 292 g/mol. The number of anilines is 1. The van der Waals surface area contributed by atoms with Crippen molar-refractivity contribution in [1.29, 1.82) is 0 Å². The zero-order valence-electron chi connectivity index (χ0n) is 12.2. The van der Waals surface area contributed by atoms with Gasteiger partial charge in [-0.25, -0.2) is 0 Å². The smallest absolute Gasteiger partial charge is 0.251 e. The lowest BCUT2D eigenvalue weighted by Crippen LogP contribution is -2.14. The third kappa shape index (κ3) is 3.06. The van der Waals surface area contributed by atoms with Gasteiger partial charge in [0.15, 0.2) is 0 Å². The molecule has 0 fully saturated rings. The number of aryl methyl sites for hydroxylation is 1. The van der Waals surface area contributed by atoms with E-state index in [1.165, 1.54) is 0 Å². The highest BCUT2D eigenvalue weighted by molar-refractivity contribution is 5.94. The summed E-state index contributed by atoms with van der Waals surface area (Å²) in [5.41, 5.74) is 2.92. The molecule has 1 heterocycles. The first-order valence-electron chi connectivity index (χ1n) is 7.09. The van der Waals surface area contributed by atoms with Crippen LogP contribution in [0.5, 0.6) is 0 Å². The second kappa shape index (κ2) is 5.85. The van der Waals surface area contributed by atoms with Gasteiger partial charge in [0.1, 0.15) is 0 Å². The van der Waals surface area contributed by atoms with Crippen LogP contribution in [0.4, 0.5) is 5.69 Å². The number of aromatic amines is 1. The average Bonchev–Trinajstić information content (AvgIpc) is 2.49. The second-order valence-corrected chi connectivity index (χ2v) is 5.29. The molecule has 110 valence electrons. The number of amides is 1. The second-order valence-electron chi connectivity index (χ2n) is 5.29. The third-order valence-electron chi connectivity index (χ3n) is 3.52. The van der Waals surface area contributed by atoms with Crippen LogP contribution in [0.3, 0.4) is 0 Å². The molecule has 0 aliphatic carbocycles. The number of fused-ring (bicyclic) bond motifs is 1. The Morgan fingerprint density at radius 3 is 2.64 bits per heavy atom. The van der Waals surface area contributed by atoms with Crippen molar-refractivity contribution < 1.29 is 4.79 Å². The lowest BCUT2D eigenvalue weighted by atomic mass is 10.1. The summed E-state index contributed by atoms with van der Waals surface area (Å²) in [4.78, 5) is 26.5. The summed E-state index contributed by atoms with van der Waals surface area (Å²) in [5, 5.41) is 3.80. The largest absolute Gasteiger partial charge is 0.326 e. The molecule has 2 N–H and O–H groups in total. The fourth-order valence-electron chi connectivity index (χ4n) is 2.37. The maximum Gasteiger partial charge on any atom is 0.251 e. The summed E-state index contributed by atoms with van der Waals surface area (Å²) in [6.07, 6.45) is 0.323. The van der Waals surface area contributed by atoms with Gasteiger partial charge in [0, 0.05) is 11.3 Å². The predicted molar refractivity (Wildman–Crippen MR) is 88.1 cm³/mol. The van der Waals surface area contributed by atoms with Crippen molar-refractivity contribution in [3.63, 3.8) is 0 Å². The number of rotatable bonds is 3. The van der Waals surface area contributed by atoms with Crippen LogP contribution >= 0.6 is 0 Å². The minimum absolute atomic E-state index is 0.0833. The molecule has 0 atom stereocenters. The minimum Gasteiger partial charge on any atom is -0.326 e. The first-order chi connectivity index (χ1) is 10.6. The number of hydrogen-bond donors (Lipinski definition) is 2. The van der Waals surface area contributed by atoms with Crippen molar-refractivity contribution >= 4 is 22.5 Å². The Kier molecular flexibility index (Phi) is 3.74. The molecule has 22 heavy (non-hydrogen) atoms. The number of aromatic nitrogens is 1. The summed E-state index contributed by atoms with van der Waals surface area (Å²) >= 11 is 0. The van der Waals surface area contributed by atoms with Crippen LogP contribution in [0, 0.1) is 6.92 Å². The maximum absolute atomic E-state index is 12.1. The topological polar surface area (TPSA) is 62.0 Å². The van der Waals surface area contributed by atoms with E-state index in [0.717, 1.165) is 10.9 Å². The van der Waals surface area contributed by atoms with E-state index in [2.05, 4.69) is 10.3 Å². The molecule has 0 spiro atoms. The van der Waals surface area contributed by atoms with Gasteiger partial charge < -0.3 is 10.3 Å². The molecule has 0 unspecified atom stereocenters. The van der Waals surface area contributed by atoms with Crippen LogP contribution in [0.25, 0.3) is 10.9 Å². The number of carbonyl (C=O) groups excluding carboxylic acids is 1. The van der Waals surface area contributed by atoms with Crippen molar-refractivity contribution in [2.45, 2.75) is 13.3 Å². The molecule has 0 bridgehead atoms. The molecule has 2 aromatic carbocycles. The van der Waals surface area contributed by atoms with Gasteiger partial charge in [0.2, 0.25) is 5.91 Å². The van der Waals surface area contributed by atoms with E-state index < -0.39 is 0 Å². The lowest BCUT2D eigenvalue weighted by molar-refractivity contribution is -0.115. The highest BCUT2D eigenvalue weighted by Crippen LogP contribution is 2.17. The Bertz CT molecular complexity index is 882. The van der Waals surface area contributed by atoms with Gasteiger partial charge in [-0.1, -0.05) is 36.4 Å². The number of nitrogens with one attached hydrogen (secondary N) is 2. The molecular formula is C18H16N2O2. The number of pyridine rings is 1. The van der Waals surface area contributed by atoms with Crippen molar-refractivity contribution in [1.82, 2.24) is 4.98 Å². The molecule has 3 rings (SSSR count). The number of hydrogen-bond acceptors (Lipinski definition) is 2. The van der Waals surface area contributed by atoms with E-state index in [1.54, 1.807) is 13.0 Å². The molecular weight excluding hydrogens is 276 g/mol. The molecule has 1 aromatic heterocycles. The van der Waals surface area contributed by atoms with Gasteiger partial charge in [0.25, 0.3) is 5.56 Å². The van der Waals surface area contributed by atoms with Crippen LogP contribution in [0.15, 0.2) is 59.4 Å². The predicted octanol–water partition coefficient (Wildman–Crippen LogP) is 3.02. The molecule has 4 heteroatoms. The molecule has 1 amide bonds. The fourth-order valence-corrected chi connectivity index (χ4v) is 2.37. The van der Waals surface area contributed by atoms with Crippen molar-refractivity contribution in [2.75, 3.05) is 5.32 Å². The van der Waals surface area contributed by atoms with Crippen LogP contribution in [-0.2, 0) is 11.2 Å². The minimum atomic E-state index is -0.111. The molecule has 0 saturated heterocycles. The molecule has 3 aromatic rings. The van der Waals surface area contributed by atoms with E-state index in [4.69, 9.17) is 0 Å². The van der Waals surface area contributed by atoms with Gasteiger partial charge in [-0.3, -0.25) is 9.59 Å². The molecule has 0 aliphatic rings. The van der Waals surface area contributed by atoms with E-state index in [0.29, 0.717) is 23.2 Å². The summed E-state index contributed by atoms with van der Waals surface area (Å²) in [6, 6.07) is 16.9. The van der Waals surface area contributed by atoms with Gasteiger partial charge in [-0.05, 0) is 36.1 Å². The Balaban J connectivity index is 1.80. The average molecular weight is 292 g/mol. The summed E-state index contributed by atoms with van der Waals surface area (Å²) in [6.45, 7) is 1.77. The Morgan fingerprint density at radius 2 is 1.86 bits per heavy atom. The van der Waals surface area contributed by atoms with Gasteiger partial charge in [-0.2, -0.15) is 0 Å². The van der Waals surface area contributed by atoms with E-state index in [1.807, 2.05) is 48.5 Å². The molecule has 0 aliphatic heterocycles. The van der Waals surface area contributed by atoms with Crippen LogP contribution in [-0.4, -0.2) is 10.9 Å². The molecule has 0 saturated carbocycles. The van der Waals surface area contributed by atoms with E-state index in [9.17, 15) is 9.59 Å². The highest BCUT2D eigenvalue weighted by Gasteiger charge is 2.05. The van der Waals surface area contributed by atoms with E-state index >= 15 is 0 Å². The first kappa shape index (κ1) is 14.1. The zero-order chi connectivity index (χ0) is 15.5. The summed E-state index contributed by atoms with van der Waals surface area (Å²) in [7, 11) is 0. The number of H-pyrrole nitrogens is 1. The van der Waals surface area contributed by atoms with Crippen LogP contribution in [0.2, 0.25) is 0 Å². The number of carbonyl (C=O) groups is 1. The first-order valence-corrected chi connectivity index (χ1v) is 7.09. The third-order valence-corrected chi connectivity index (χ3v) is 3.52. The van der Waals surface area contributed by atoms with Crippen molar-refractivity contribution in [3.8, 4) is 0 Å². The maximum atomic E-state index is 12.1. The molecule has 4 nitrogen and oxygen atoms in total. The van der Waals surface area contributed by atoms with Crippen molar-refractivity contribution in [3.05, 3.63) is 76.1 Å². The summed E-state index contributed by atoms with van der Waals surface area (Å²) in [5.74, 6) is -0.0833. The zero-order valence-corrected chi connectivity index (χ0v) is 12.2. The molecule has 0 radical (unpaired) electrons. The summed E-state index contributed by atoms with van der Waals surface area (Å²) < 4.78 is 0. The highest BCUT2D eigenvalue weighted by atomic mass is 16.1. The fraction of sp³-hybridized carbons (Fsp3) is 0.111. The Labute approximate surface area is 127 Å². The lowest BCUT2D eigenvalue weighted by Gasteiger charge is -2.07. The Morgan fingerprint density at radius 1 is 1.09 bits per heavy atom. The van der Waals surface area contributed by atoms with Gasteiger partial charge >= 0.3 is 0 Å². The SMILES string of the molecule is Cc1cc2ccc(NC(=O)Cc3ccccc3)cc2[nH]c1=O. The van der Waals surface area contributed by atoms with Crippen LogP contribution < -0.4 is 10.9 Å². The number of benzene rings is 2. The van der Waals surface area contributed by atoms with Gasteiger partial charge in [0.05, 0.1) is 11.9 Å². The van der Waals surface area contributed by atoms with Gasteiger partial charge in [-0.15, -0.1) is 0 Å². The standard InChI is InChI=1S/C18H16N2O2/c1-12-9-14-7-8-15(11-16(14)20-18(12)22)19-17(21)10-13-5-3-2-4-6-13/h2-9,11H,10H2,1H3,(H,19,21)(H,20,22). The van der Waals surface area contributed by atoms with Crippen LogP contribution in [0.1, 0.15) is 11.1 Å². The Hall–Kier alpha value is -2.88.